The zero-order valence-corrected chi connectivity index (χ0v) is 21.2. The fourth-order valence-electron chi connectivity index (χ4n) is 3.06. The van der Waals surface area contributed by atoms with E-state index in [-0.39, 0.29) is 5.97 Å². The van der Waals surface area contributed by atoms with Gasteiger partial charge in [-0.3, -0.25) is 4.79 Å². The van der Waals surface area contributed by atoms with Crippen molar-refractivity contribution in [3.63, 3.8) is 0 Å². The van der Waals surface area contributed by atoms with Gasteiger partial charge < -0.3 is 9.47 Å². The van der Waals surface area contributed by atoms with E-state index < -0.39 is 0 Å². The van der Waals surface area contributed by atoms with E-state index in [0.29, 0.717) is 6.42 Å². The molecule has 0 fully saturated rings. The quantitative estimate of drug-likeness (QED) is 0.125. The zero-order chi connectivity index (χ0) is 23.3. The Hall–Kier alpha value is -1.45. The number of unbranched alkanes of at least 4 members (excludes halogenated alkanes) is 14. The summed E-state index contributed by atoms with van der Waals surface area (Å²) in [4.78, 5) is 11.0. The summed E-state index contributed by atoms with van der Waals surface area (Å²) < 4.78 is 9.46. The second-order valence-corrected chi connectivity index (χ2v) is 7.81. The fourth-order valence-corrected chi connectivity index (χ4v) is 3.06. The van der Waals surface area contributed by atoms with Gasteiger partial charge in [-0.2, -0.15) is 0 Å². The SMILES string of the molecule is CCCCCCCCCCC#CC#CCCCCCCCCC(=O)OC.CCOCC. The number of hydrogen-bond donors (Lipinski definition) is 0. The van der Waals surface area contributed by atoms with Crippen molar-refractivity contribution in [3.8, 4) is 23.7 Å². The Balaban J connectivity index is 0. The van der Waals surface area contributed by atoms with Crippen LogP contribution in [0.1, 0.15) is 130 Å². The molecule has 0 saturated carbocycles. The van der Waals surface area contributed by atoms with Crippen molar-refractivity contribution in [2.75, 3.05) is 20.3 Å². The molecule has 0 saturated heterocycles. The second kappa shape index (κ2) is 30.7. The maximum absolute atomic E-state index is 11.0. The maximum atomic E-state index is 11.0. The first-order valence-electron chi connectivity index (χ1n) is 12.8. The standard InChI is InChI=1S/C24H40O2.C4H10O/c1-3-4-5-6-7-8-9-10-11-12-13-14-15-16-17-18-19-20-21-22-23-24(25)26-2;1-3-5-4-2/h3-11,16-23H2,1-2H3;3-4H2,1-2H3. The lowest BCUT2D eigenvalue weighted by Gasteiger charge is -2.00. The van der Waals surface area contributed by atoms with E-state index in [0.717, 1.165) is 45.3 Å². The van der Waals surface area contributed by atoms with E-state index >= 15 is 0 Å². The van der Waals surface area contributed by atoms with Crippen molar-refractivity contribution in [2.45, 2.75) is 130 Å². The zero-order valence-electron chi connectivity index (χ0n) is 21.2. The van der Waals surface area contributed by atoms with Crippen LogP contribution in [0.4, 0.5) is 0 Å². The van der Waals surface area contributed by atoms with Gasteiger partial charge >= 0.3 is 5.97 Å². The van der Waals surface area contributed by atoms with Crippen molar-refractivity contribution in [1.29, 1.82) is 0 Å². The summed E-state index contributed by atoms with van der Waals surface area (Å²) in [6, 6.07) is 0. The highest BCUT2D eigenvalue weighted by atomic mass is 16.5. The molecule has 0 rings (SSSR count). The molecule has 31 heavy (non-hydrogen) atoms. The summed E-state index contributed by atoms with van der Waals surface area (Å²) in [6.07, 6.45) is 20.2. The summed E-state index contributed by atoms with van der Waals surface area (Å²) in [5.41, 5.74) is 0. The first kappa shape index (κ1) is 31.7. The number of carbonyl (C=O) groups is 1. The van der Waals surface area contributed by atoms with Gasteiger partial charge in [-0.1, -0.05) is 89.4 Å². The Labute approximate surface area is 194 Å². The molecule has 0 amide bonds. The van der Waals surface area contributed by atoms with E-state index in [4.69, 9.17) is 4.74 Å². The van der Waals surface area contributed by atoms with Crippen LogP contribution in [-0.2, 0) is 14.3 Å². The molecule has 3 heteroatoms. The Kier molecular flexibility index (Phi) is 31.5. The Morgan fingerprint density at radius 2 is 1.03 bits per heavy atom. The predicted molar refractivity (Wildman–Crippen MR) is 134 cm³/mol. The van der Waals surface area contributed by atoms with Crippen LogP contribution in [0.25, 0.3) is 0 Å². The Bertz CT molecular complexity index is 474. The molecular weight excluding hydrogens is 384 g/mol. The van der Waals surface area contributed by atoms with Crippen molar-refractivity contribution >= 4 is 5.97 Å². The van der Waals surface area contributed by atoms with Gasteiger partial charge in [0.2, 0.25) is 0 Å². The number of methoxy groups -OCH3 is 1. The van der Waals surface area contributed by atoms with Crippen LogP contribution in [0.2, 0.25) is 0 Å². The van der Waals surface area contributed by atoms with Gasteiger partial charge in [0, 0.05) is 32.5 Å². The molecule has 0 atom stereocenters. The second-order valence-electron chi connectivity index (χ2n) is 7.81. The number of ether oxygens (including phenoxy) is 2. The molecule has 0 radical (unpaired) electrons. The van der Waals surface area contributed by atoms with Gasteiger partial charge in [0.05, 0.1) is 7.11 Å². The molecule has 0 aromatic rings. The molecule has 180 valence electrons. The van der Waals surface area contributed by atoms with Crippen LogP contribution in [0.3, 0.4) is 0 Å². The Morgan fingerprint density at radius 3 is 1.42 bits per heavy atom. The first-order chi connectivity index (χ1) is 15.2. The molecule has 3 nitrogen and oxygen atoms in total. The third kappa shape index (κ3) is 33.4. The van der Waals surface area contributed by atoms with E-state index in [1.165, 1.54) is 77.7 Å². The smallest absolute Gasteiger partial charge is 0.305 e. The Morgan fingerprint density at radius 1 is 0.613 bits per heavy atom. The van der Waals surface area contributed by atoms with Crippen molar-refractivity contribution in [1.82, 2.24) is 0 Å². The van der Waals surface area contributed by atoms with Gasteiger partial charge in [-0.15, -0.1) is 0 Å². The number of rotatable bonds is 18. The fraction of sp³-hybridized carbons (Fsp3) is 0.821. The maximum Gasteiger partial charge on any atom is 0.305 e. The van der Waals surface area contributed by atoms with Crippen LogP contribution < -0.4 is 0 Å². The van der Waals surface area contributed by atoms with Gasteiger partial charge in [0.25, 0.3) is 0 Å². The summed E-state index contributed by atoms with van der Waals surface area (Å²) >= 11 is 0. The lowest BCUT2D eigenvalue weighted by Crippen LogP contribution is -1.99. The van der Waals surface area contributed by atoms with Crippen LogP contribution in [0.5, 0.6) is 0 Å². The van der Waals surface area contributed by atoms with E-state index in [1.807, 2.05) is 13.8 Å². The molecule has 0 unspecified atom stereocenters. The predicted octanol–water partition coefficient (Wildman–Crippen LogP) is 7.86. The third-order valence-corrected chi connectivity index (χ3v) is 4.96. The molecule has 0 aliphatic carbocycles. The highest BCUT2D eigenvalue weighted by Crippen LogP contribution is 2.09. The summed E-state index contributed by atoms with van der Waals surface area (Å²) in [7, 11) is 1.45. The summed E-state index contributed by atoms with van der Waals surface area (Å²) in [5, 5.41) is 0. The number of carbonyl (C=O) groups excluding carboxylic acids is 1. The topological polar surface area (TPSA) is 35.5 Å². The lowest BCUT2D eigenvalue weighted by atomic mass is 10.1. The third-order valence-electron chi connectivity index (χ3n) is 4.96. The lowest BCUT2D eigenvalue weighted by molar-refractivity contribution is -0.140. The number of esters is 1. The van der Waals surface area contributed by atoms with Gasteiger partial charge in [-0.05, 0) is 45.0 Å². The molecule has 0 heterocycles. The summed E-state index contributed by atoms with van der Waals surface area (Å²) in [5.74, 6) is 12.2. The molecule has 0 aromatic carbocycles. The van der Waals surface area contributed by atoms with E-state index in [2.05, 4.69) is 35.3 Å². The van der Waals surface area contributed by atoms with Crippen molar-refractivity contribution in [2.24, 2.45) is 0 Å². The van der Waals surface area contributed by atoms with Crippen molar-refractivity contribution in [3.05, 3.63) is 0 Å². The van der Waals surface area contributed by atoms with Crippen LogP contribution in [0.15, 0.2) is 0 Å². The monoisotopic (exact) mass is 434 g/mol. The molecular formula is C28H50O3. The largest absolute Gasteiger partial charge is 0.469 e. The average Bonchev–Trinajstić information content (AvgIpc) is 2.78. The van der Waals surface area contributed by atoms with E-state index in [9.17, 15) is 4.79 Å². The van der Waals surface area contributed by atoms with E-state index in [1.54, 1.807) is 0 Å². The molecule has 0 spiro atoms. The summed E-state index contributed by atoms with van der Waals surface area (Å²) in [6.45, 7) is 7.93. The average molecular weight is 435 g/mol. The normalized spacial score (nSPS) is 9.55. The minimum atomic E-state index is -0.0937. The minimum absolute atomic E-state index is 0.0937. The minimum Gasteiger partial charge on any atom is -0.469 e. The highest BCUT2D eigenvalue weighted by Gasteiger charge is 1.98. The van der Waals surface area contributed by atoms with Gasteiger partial charge in [0.1, 0.15) is 0 Å². The van der Waals surface area contributed by atoms with Crippen LogP contribution in [-0.4, -0.2) is 26.3 Å². The van der Waals surface area contributed by atoms with Gasteiger partial charge in [-0.25, -0.2) is 0 Å². The molecule has 0 aliphatic heterocycles. The molecule has 0 bridgehead atoms. The number of hydrogen-bond acceptors (Lipinski definition) is 3. The molecule has 0 aliphatic rings. The van der Waals surface area contributed by atoms with Gasteiger partial charge in [0.15, 0.2) is 0 Å². The first-order valence-corrected chi connectivity index (χ1v) is 12.8. The molecule has 0 aromatic heterocycles. The van der Waals surface area contributed by atoms with Crippen LogP contribution in [0, 0.1) is 23.7 Å². The molecule has 0 N–H and O–H groups in total. The highest BCUT2D eigenvalue weighted by molar-refractivity contribution is 5.68. The van der Waals surface area contributed by atoms with Crippen LogP contribution >= 0.6 is 0 Å². The van der Waals surface area contributed by atoms with Crippen molar-refractivity contribution < 1.29 is 14.3 Å².